The molecule has 0 aliphatic rings. The van der Waals surface area contributed by atoms with Gasteiger partial charge in [0.1, 0.15) is 11.8 Å². The van der Waals surface area contributed by atoms with Gasteiger partial charge in [-0.05, 0) is 81.1 Å². The molecule has 2 rings (SSSR count). The first-order valence-electron chi connectivity index (χ1n) is 9.68. The number of hydrogen-bond acceptors (Lipinski definition) is 5. The molecule has 2 aromatic rings. The summed E-state index contributed by atoms with van der Waals surface area (Å²) in [5.74, 6) is 0.0900. The van der Waals surface area contributed by atoms with E-state index in [0.29, 0.717) is 18.0 Å². The third-order valence-electron chi connectivity index (χ3n) is 4.97. The molecule has 0 heterocycles. The third-order valence-corrected chi connectivity index (χ3v) is 6.21. The Morgan fingerprint density at radius 2 is 1.77 bits per heavy atom. The lowest BCUT2D eigenvalue weighted by molar-refractivity contribution is -0.121. The summed E-state index contributed by atoms with van der Waals surface area (Å²) in [6.07, 6.45) is 2.63. The van der Waals surface area contributed by atoms with Gasteiger partial charge in [0.15, 0.2) is 0 Å². The minimum Gasteiger partial charge on any atom is -0.494 e. The molecule has 1 N–H and O–H groups in total. The van der Waals surface area contributed by atoms with Crippen molar-refractivity contribution < 1.29 is 17.9 Å². The van der Waals surface area contributed by atoms with E-state index in [0.717, 1.165) is 27.3 Å². The van der Waals surface area contributed by atoms with E-state index in [-0.39, 0.29) is 0 Å². The molecule has 1 amide bonds. The van der Waals surface area contributed by atoms with E-state index in [9.17, 15) is 13.2 Å². The van der Waals surface area contributed by atoms with E-state index in [1.165, 1.54) is 12.5 Å². The number of nitrogens with one attached hydrogen (secondary N) is 1. The van der Waals surface area contributed by atoms with Crippen LogP contribution in [0.25, 0.3) is 0 Å². The summed E-state index contributed by atoms with van der Waals surface area (Å²) in [6, 6.07) is 9.49. The van der Waals surface area contributed by atoms with Crippen LogP contribution in [0, 0.1) is 20.8 Å². The number of hydrazone groups is 1. The zero-order chi connectivity index (χ0) is 22.5. The number of nitrogens with zero attached hydrogens (tertiary/aromatic N) is 2. The van der Waals surface area contributed by atoms with Crippen LogP contribution in [0.2, 0.25) is 0 Å². The van der Waals surface area contributed by atoms with E-state index >= 15 is 0 Å². The molecule has 0 spiro atoms. The molecule has 1 atom stereocenters. The van der Waals surface area contributed by atoms with Crippen LogP contribution in [0.1, 0.15) is 36.1 Å². The lowest BCUT2D eigenvalue weighted by Crippen LogP contribution is -2.46. The molecule has 0 aromatic heterocycles. The molecule has 0 saturated heterocycles. The number of hydrogen-bond donors (Lipinski definition) is 1. The Balaban J connectivity index is 2.19. The fourth-order valence-electron chi connectivity index (χ4n) is 3.04. The van der Waals surface area contributed by atoms with Crippen LogP contribution in [-0.4, -0.2) is 39.4 Å². The Kier molecular flexibility index (Phi) is 7.61. The van der Waals surface area contributed by atoms with Crippen molar-refractivity contribution in [3.8, 4) is 5.75 Å². The number of rotatable bonds is 8. The number of ether oxygens (including phenoxy) is 1. The van der Waals surface area contributed by atoms with Crippen LogP contribution < -0.4 is 14.5 Å². The van der Waals surface area contributed by atoms with Gasteiger partial charge in [-0.1, -0.05) is 12.1 Å². The van der Waals surface area contributed by atoms with Gasteiger partial charge in [-0.15, -0.1) is 0 Å². The fourth-order valence-corrected chi connectivity index (χ4v) is 4.22. The Hall–Kier alpha value is -2.87. The molecule has 30 heavy (non-hydrogen) atoms. The van der Waals surface area contributed by atoms with E-state index in [2.05, 4.69) is 10.5 Å². The van der Waals surface area contributed by atoms with Crippen molar-refractivity contribution >= 4 is 27.8 Å². The Labute approximate surface area is 178 Å². The predicted octanol–water partition coefficient (Wildman–Crippen LogP) is 3.32. The number of aryl methyl sites for hydroxylation is 1. The molecule has 0 unspecified atom stereocenters. The highest BCUT2D eigenvalue weighted by atomic mass is 32.2. The van der Waals surface area contributed by atoms with Crippen LogP contribution in [0.4, 0.5) is 5.69 Å². The highest BCUT2D eigenvalue weighted by Gasteiger charge is 2.29. The van der Waals surface area contributed by atoms with Crippen LogP contribution in [0.5, 0.6) is 5.75 Å². The van der Waals surface area contributed by atoms with Gasteiger partial charge in [-0.2, -0.15) is 5.10 Å². The average molecular weight is 432 g/mol. The first kappa shape index (κ1) is 23.4. The van der Waals surface area contributed by atoms with Crippen molar-refractivity contribution in [1.82, 2.24) is 5.43 Å². The molecule has 0 saturated carbocycles. The second-order valence-corrected chi connectivity index (χ2v) is 8.98. The quantitative estimate of drug-likeness (QED) is 0.513. The Morgan fingerprint density at radius 1 is 1.13 bits per heavy atom. The van der Waals surface area contributed by atoms with Crippen LogP contribution in [-0.2, 0) is 14.8 Å². The standard InChI is InChI=1S/C22H29N3O4S/c1-7-29-21-12-10-20(11-13-21)25(30(6,27)28)18(5)22(26)24-23-14-19-9-8-15(2)16(3)17(19)4/h8-14,18H,7H2,1-6H3,(H,24,26)/b23-14-/t18-/m1/s1. The van der Waals surface area contributed by atoms with Gasteiger partial charge >= 0.3 is 0 Å². The number of sulfonamides is 1. The second-order valence-electron chi connectivity index (χ2n) is 7.12. The van der Waals surface area contributed by atoms with Crippen molar-refractivity contribution in [1.29, 1.82) is 0 Å². The number of amides is 1. The molecule has 7 nitrogen and oxygen atoms in total. The minimum atomic E-state index is -3.70. The fraction of sp³-hybridized carbons (Fsp3) is 0.364. The molecule has 0 radical (unpaired) electrons. The molecule has 8 heteroatoms. The summed E-state index contributed by atoms with van der Waals surface area (Å²) in [7, 11) is -3.70. The zero-order valence-corrected chi connectivity index (χ0v) is 19.1. The maximum absolute atomic E-state index is 12.6. The highest BCUT2D eigenvalue weighted by molar-refractivity contribution is 7.92. The first-order chi connectivity index (χ1) is 14.1. The molecule has 0 aliphatic carbocycles. The maximum Gasteiger partial charge on any atom is 0.263 e. The van der Waals surface area contributed by atoms with E-state index in [1.54, 1.807) is 30.5 Å². The van der Waals surface area contributed by atoms with Crippen molar-refractivity contribution in [2.24, 2.45) is 5.10 Å². The van der Waals surface area contributed by atoms with Gasteiger partial charge in [0, 0.05) is 0 Å². The predicted molar refractivity (Wildman–Crippen MR) is 121 cm³/mol. The van der Waals surface area contributed by atoms with Gasteiger partial charge in [-0.3, -0.25) is 9.10 Å². The first-order valence-corrected chi connectivity index (χ1v) is 11.5. The van der Waals surface area contributed by atoms with Crippen LogP contribution in [0.3, 0.4) is 0 Å². The largest absolute Gasteiger partial charge is 0.494 e. The van der Waals surface area contributed by atoms with Crippen LogP contribution >= 0.6 is 0 Å². The molecular weight excluding hydrogens is 402 g/mol. The van der Waals surface area contributed by atoms with Gasteiger partial charge < -0.3 is 4.74 Å². The number of carbonyl (C=O) groups excluding carboxylic acids is 1. The van der Waals surface area contributed by atoms with E-state index in [4.69, 9.17) is 4.74 Å². The SMILES string of the molecule is CCOc1ccc(N([C@H](C)C(=O)N/N=C\c2ccc(C)c(C)c2C)S(C)(=O)=O)cc1. The summed E-state index contributed by atoms with van der Waals surface area (Å²) in [6.45, 7) is 9.95. The number of anilines is 1. The summed E-state index contributed by atoms with van der Waals surface area (Å²) in [5, 5.41) is 4.02. The highest BCUT2D eigenvalue weighted by Crippen LogP contribution is 2.24. The van der Waals surface area contributed by atoms with Crippen molar-refractivity contribution in [3.63, 3.8) is 0 Å². The van der Waals surface area contributed by atoms with Gasteiger partial charge in [0.25, 0.3) is 5.91 Å². The van der Waals surface area contributed by atoms with Crippen LogP contribution in [0.15, 0.2) is 41.5 Å². The lowest BCUT2D eigenvalue weighted by atomic mass is 10.00. The van der Waals surface area contributed by atoms with Gasteiger partial charge in [-0.25, -0.2) is 13.8 Å². The average Bonchev–Trinajstić information content (AvgIpc) is 2.68. The van der Waals surface area contributed by atoms with Crippen molar-refractivity contribution in [2.75, 3.05) is 17.2 Å². The monoisotopic (exact) mass is 431 g/mol. The summed E-state index contributed by atoms with van der Waals surface area (Å²) >= 11 is 0. The molecule has 0 fully saturated rings. The topological polar surface area (TPSA) is 88.1 Å². The zero-order valence-electron chi connectivity index (χ0n) is 18.3. The minimum absolute atomic E-state index is 0.373. The van der Waals surface area contributed by atoms with Gasteiger partial charge in [0.2, 0.25) is 10.0 Å². The second kappa shape index (κ2) is 9.75. The van der Waals surface area contributed by atoms with Crippen molar-refractivity contribution in [2.45, 2.75) is 40.7 Å². The molecule has 162 valence electrons. The molecule has 2 aromatic carbocycles. The number of benzene rings is 2. The Bertz CT molecular complexity index is 1030. The summed E-state index contributed by atoms with van der Waals surface area (Å²) in [4.78, 5) is 12.6. The molecule has 0 bridgehead atoms. The summed E-state index contributed by atoms with van der Waals surface area (Å²) < 4.78 is 31.2. The van der Waals surface area contributed by atoms with E-state index in [1.807, 2.05) is 39.8 Å². The maximum atomic E-state index is 12.6. The van der Waals surface area contributed by atoms with E-state index < -0.39 is 22.0 Å². The lowest BCUT2D eigenvalue weighted by Gasteiger charge is -2.27. The summed E-state index contributed by atoms with van der Waals surface area (Å²) in [5.41, 5.74) is 7.13. The molecular formula is C22H29N3O4S. The Morgan fingerprint density at radius 3 is 2.33 bits per heavy atom. The van der Waals surface area contributed by atoms with Gasteiger partial charge in [0.05, 0.1) is 24.8 Å². The number of carbonyl (C=O) groups is 1. The molecule has 0 aliphatic heterocycles. The normalized spacial score (nSPS) is 12.6. The van der Waals surface area contributed by atoms with Crippen molar-refractivity contribution in [3.05, 3.63) is 58.7 Å². The smallest absolute Gasteiger partial charge is 0.263 e. The third kappa shape index (κ3) is 5.60.